The third kappa shape index (κ3) is 3.16. The van der Waals surface area contributed by atoms with E-state index in [1.165, 1.54) is 11.3 Å². The fourth-order valence-electron chi connectivity index (χ4n) is 3.50. The van der Waals surface area contributed by atoms with Gasteiger partial charge in [-0.15, -0.1) is 11.3 Å². The van der Waals surface area contributed by atoms with E-state index >= 15 is 0 Å². The van der Waals surface area contributed by atoms with E-state index in [4.69, 9.17) is 0 Å². The Morgan fingerprint density at radius 2 is 1.89 bits per heavy atom. The zero-order valence-corrected chi connectivity index (χ0v) is 15.5. The predicted molar refractivity (Wildman–Crippen MR) is 101 cm³/mol. The molecule has 1 aliphatic heterocycles. The van der Waals surface area contributed by atoms with Gasteiger partial charge in [0.2, 0.25) is 17.7 Å². The summed E-state index contributed by atoms with van der Waals surface area (Å²) in [5.74, 6) is -1.62. The van der Waals surface area contributed by atoms with Gasteiger partial charge in [-0.1, -0.05) is 18.2 Å². The summed E-state index contributed by atoms with van der Waals surface area (Å²) in [6.45, 7) is 1.57. The maximum absolute atomic E-state index is 12.6. The van der Waals surface area contributed by atoms with E-state index in [1.54, 1.807) is 18.5 Å². The van der Waals surface area contributed by atoms with E-state index in [-0.39, 0.29) is 23.7 Å². The second kappa shape index (κ2) is 7.03. The number of hydrogen-bond donors (Lipinski definition) is 1. The molecule has 7 nitrogen and oxygen atoms in total. The minimum absolute atomic E-state index is 0.259. The monoisotopic (exact) mass is 382 g/mol. The first-order valence-electron chi connectivity index (χ1n) is 8.76. The summed E-state index contributed by atoms with van der Waals surface area (Å²) in [7, 11) is 0. The van der Waals surface area contributed by atoms with Crippen LogP contribution in [0.15, 0.2) is 41.9 Å². The number of carbonyl (C=O) groups excluding carboxylic acids is 3. The first-order chi connectivity index (χ1) is 13.1. The first kappa shape index (κ1) is 17.5. The lowest BCUT2D eigenvalue weighted by Crippen LogP contribution is -2.46. The molecule has 1 saturated heterocycles. The number of aromatic nitrogens is 2. The van der Waals surface area contributed by atoms with Crippen LogP contribution in [0.5, 0.6) is 0 Å². The molecule has 138 valence electrons. The molecular formula is C19H18N4O3S. The summed E-state index contributed by atoms with van der Waals surface area (Å²) < 4.78 is 0. The Balaban J connectivity index is 1.46. The molecule has 1 aliphatic carbocycles. The third-order valence-corrected chi connectivity index (χ3v) is 5.73. The van der Waals surface area contributed by atoms with Gasteiger partial charge in [0.1, 0.15) is 11.7 Å². The first-order valence-corrected chi connectivity index (χ1v) is 9.64. The van der Waals surface area contributed by atoms with Crippen molar-refractivity contribution in [1.82, 2.24) is 14.9 Å². The number of anilines is 1. The smallest absolute Gasteiger partial charge is 0.249 e. The Morgan fingerprint density at radius 1 is 1.19 bits per heavy atom. The lowest BCUT2D eigenvalue weighted by Gasteiger charge is -2.21. The topological polar surface area (TPSA) is 92.3 Å². The molecule has 0 bridgehead atoms. The quantitative estimate of drug-likeness (QED) is 0.648. The number of pyridine rings is 1. The molecule has 0 saturated carbocycles. The minimum atomic E-state index is -0.877. The molecule has 2 aliphatic rings. The molecule has 0 aromatic carbocycles. The highest BCUT2D eigenvalue weighted by molar-refractivity contribution is 7.14. The van der Waals surface area contributed by atoms with E-state index in [2.05, 4.69) is 15.3 Å². The molecule has 1 fully saturated rings. The van der Waals surface area contributed by atoms with Gasteiger partial charge in [0.25, 0.3) is 0 Å². The molecule has 3 atom stereocenters. The highest BCUT2D eigenvalue weighted by Crippen LogP contribution is 2.36. The number of thiazole rings is 1. The standard InChI is InChI=1S/C19H18N4O3S/c1-11(23-17(25)12-6-2-3-7-13(12)18(23)26)16(24)22-19-21-15(10-27-19)14-8-4-5-9-20-14/h2-5,8-13H,6-7H2,1H3,(H,21,22,24). The van der Waals surface area contributed by atoms with Crippen molar-refractivity contribution < 1.29 is 14.4 Å². The summed E-state index contributed by atoms with van der Waals surface area (Å²) in [5, 5.41) is 4.92. The molecular weight excluding hydrogens is 364 g/mol. The van der Waals surface area contributed by atoms with Crippen LogP contribution in [0.1, 0.15) is 19.8 Å². The second-order valence-electron chi connectivity index (χ2n) is 6.62. The number of nitrogens with one attached hydrogen (secondary N) is 1. The lowest BCUT2D eigenvalue weighted by atomic mass is 9.85. The van der Waals surface area contributed by atoms with Gasteiger partial charge in [-0.3, -0.25) is 24.3 Å². The van der Waals surface area contributed by atoms with Crippen LogP contribution < -0.4 is 5.32 Å². The predicted octanol–water partition coefficient (Wildman–Crippen LogP) is 2.48. The van der Waals surface area contributed by atoms with Crippen molar-refractivity contribution in [3.63, 3.8) is 0 Å². The van der Waals surface area contributed by atoms with Crippen LogP contribution in [-0.4, -0.2) is 38.6 Å². The molecule has 1 N–H and O–H groups in total. The molecule has 3 unspecified atom stereocenters. The van der Waals surface area contributed by atoms with Crippen molar-refractivity contribution in [3.05, 3.63) is 41.9 Å². The largest absolute Gasteiger partial charge is 0.300 e. The Labute approximate surface area is 160 Å². The maximum atomic E-state index is 12.6. The third-order valence-electron chi connectivity index (χ3n) is 4.97. The van der Waals surface area contributed by atoms with Crippen LogP contribution in [0.25, 0.3) is 11.4 Å². The number of rotatable bonds is 4. The number of allylic oxidation sites excluding steroid dienone is 2. The van der Waals surface area contributed by atoms with Gasteiger partial charge >= 0.3 is 0 Å². The molecule has 27 heavy (non-hydrogen) atoms. The van der Waals surface area contributed by atoms with Gasteiger partial charge in [-0.2, -0.15) is 0 Å². The summed E-state index contributed by atoms with van der Waals surface area (Å²) >= 11 is 1.27. The van der Waals surface area contributed by atoms with Gasteiger partial charge in [0, 0.05) is 11.6 Å². The van der Waals surface area contributed by atoms with Crippen molar-refractivity contribution in [3.8, 4) is 11.4 Å². The molecule has 0 radical (unpaired) electrons. The van der Waals surface area contributed by atoms with Crippen molar-refractivity contribution in [2.75, 3.05) is 5.32 Å². The average molecular weight is 382 g/mol. The summed E-state index contributed by atoms with van der Waals surface area (Å²) in [6, 6.07) is 4.64. The SMILES string of the molecule is CC(C(=O)Nc1nc(-c2ccccn2)cs1)N1C(=O)C2CC=CCC2C1=O. The molecule has 0 spiro atoms. The van der Waals surface area contributed by atoms with Gasteiger partial charge < -0.3 is 5.32 Å². The molecule has 3 amide bonds. The zero-order valence-electron chi connectivity index (χ0n) is 14.7. The molecule has 3 heterocycles. The number of carbonyl (C=O) groups is 3. The van der Waals surface area contributed by atoms with Crippen molar-refractivity contribution >= 4 is 34.2 Å². The molecule has 2 aromatic heterocycles. The minimum Gasteiger partial charge on any atom is -0.300 e. The maximum Gasteiger partial charge on any atom is 0.249 e. The Bertz CT molecular complexity index is 898. The van der Waals surface area contributed by atoms with Crippen LogP contribution in [0.4, 0.5) is 5.13 Å². The van der Waals surface area contributed by atoms with E-state index in [1.807, 2.05) is 30.4 Å². The Hall–Kier alpha value is -2.87. The van der Waals surface area contributed by atoms with Gasteiger partial charge in [-0.25, -0.2) is 4.98 Å². The van der Waals surface area contributed by atoms with Crippen LogP contribution in [0.2, 0.25) is 0 Å². The number of amides is 3. The normalized spacial score (nSPS) is 22.6. The lowest BCUT2D eigenvalue weighted by molar-refractivity contribution is -0.146. The number of fused-ring (bicyclic) bond motifs is 1. The Kier molecular flexibility index (Phi) is 4.57. The van der Waals surface area contributed by atoms with Gasteiger partial charge in [-0.05, 0) is 31.9 Å². The van der Waals surface area contributed by atoms with E-state index in [0.29, 0.717) is 29.4 Å². The molecule has 4 rings (SSSR count). The fourth-order valence-corrected chi connectivity index (χ4v) is 4.21. The summed E-state index contributed by atoms with van der Waals surface area (Å²) in [4.78, 5) is 47.5. The number of imide groups is 1. The second-order valence-corrected chi connectivity index (χ2v) is 7.48. The van der Waals surface area contributed by atoms with E-state index < -0.39 is 11.9 Å². The van der Waals surface area contributed by atoms with Crippen LogP contribution >= 0.6 is 11.3 Å². The highest BCUT2D eigenvalue weighted by atomic mass is 32.1. The number of likely N-dealkylation sites (tertiary alicyclic amines) is 1. The number of nitrogens with zero attached hydrogens (tertiary/aromatic N) is 3. The molecule has 2 aromatic rings. The highest BCUT2D eigenvalue weighted by Gasteiger charge is 2.50. The van der Waals surface area contributed by atoms with Crippen molar-refractivity contribution in [1.29, 1.82) is 0 Å². The Morgan fingerprint density at radius 3 is 2.52 bits per heavy atom. The summed E-state index contributed by atoms with van der Waals surface area (Å²) in [6.07, 6.45) is 6.64. The summed E-state index contributed by atoms with van der Waals surface area (Å²) in [5.41, 5.74) is 1.37. The van der Waals surface area contributed by atoms with Gasteiger partial charge in [0.05, 0.1) is 17.5 Å². The van der Waals surface area contributed by atoms with E-state index in [0.717, 1.165) is 4.90 Å². The van der Waals surface area contributed by atoms with Crippen LogP contribution in [0.3, 0.4) is 0 Å². The van der Waals surface area contributed by atoms with Crippen LogP contribution in [0, 0.1) is 11.8 Å². The van der Waals surface area contributed by atoms with E-state index in [9.17, 15) is 14.4 Å². The van der Waals surface area contributed by atoms with Crippen molar-refractivity contribution in [2.24, 2.45) is 11.8 Å². The zero-order chi connectivity index (χ0) is 19.0. The number of hydrogen-bond acceptors (Lipinski definition) is 6. The fraction of sp³-hybridized carbons (Fsp3) is 0.316. The van der Waals surface area contributed by atoms with Gasteiger partial charge in [0.15, 0.2) is 5.13 Å². The van der Waals surface area contributed by atoms with Crippen LogP contribution in [-0.2, 0) is 14.4 Å². The average Bonchev–Trinajstić information content (AvgIpc) is 3.26. The molecule has 8 heteroatoms. The van der Waals surface area contributed by atoms with Crippen molar-refractivity contribution in [2.45, 2.75) is 25.8 Å².